The zero-order valence-electron chi connectivity index (χ0n) is 9.68. The first-order chi connectivity index (χ1) is 5.77. The zero-order chi connectivity index (χ0) is 10.5. The Morgan fingerprint density at radius 2 is 1.54 bits per heavy atom. The van der Waals surface area contributed by atoms with Gasteiger partial charge >= 0.3 is 0 Å². The summed E-state index contributed by atoms with van der Waals surface area (Å²) in [5.74, 6) is 0. The van der Waals surface area contributed by atoms with E-state index in [0.717, 1.165) is 12.8 Å². The molecule has 0 saturated carbocycles. The minimum absolute atomic E-state index is 0.317. The Morgan fingerprint density at radius 3 is 1.92 bits per heavy atom. The molecule has 0 aromatic carbocycles. The predicted octanol–water partition coefficient (Wildman–Crippen LogP) is 2.82. The van der Waals surface area contributed by atoms with Crippen molar-refractivity contribution in [3.63, 3.8) is 0 Å². The lowest BCUT2D eigenvalue weighted by molar-refractivity contribution is 0.286. The highest BCUT2D eigenvalue weighted by atomic mass is 28.4. The first kappa shape index (κ1) is 13.4. The number of unbranched alkanes of at least 4 members (excludes halogenated alkanes) is 1. The van der Waals surface area contributed by atoms with Crippen molar-refractivity contribution in [2.75, 3.05) is 6.61 Å². The van der Waals surface area contributed by atoms with Crippen molar-refractivity contribution in [2.24, 2.45) is 0 Å². The topological polar surface area (TPSA) is 29.5 Å². The number of hydrogen-bond acceptors (Lipinski definition) is 2. The predicted molar refractivity (Wildman–Crippen MR) is 63.0 cm³/mol. The molecule has 0 fully saturated rings. The van der Waals surface area contributed by atoms with Crippen LogP contribution in [0.25, 0.3) is 0 Å². The quantitative estimate of drug-likeness (QED) is 0.551. The molecule has 0 aromatic heterocycles. The third kappa shape index (κ3) is 8.68. The molecule has 0 radical (unpaired) electrons. The van der Waals surface area contributed by atoms with Gasteiger partial charge in [0.1, 0.15) is 0 Å². The van der Waals surface area contributed by atoms with E-state index in [4.69, 9.17) is 9.22 Å². The fourth-order valence-corrected chi connectivity index (χ4v) is 9.68. The molecule has 4 heteroatoms. The van der Waals surface area contributed by atoms with Crippen molar-refractivity contribution in [3.05, 3.63) is 0 Å². The Labute approximate surface area is 84.6 Å². The molecule has 80 valence electrons. The van der Waals surface area contributed by atoms with Crippen molar-refractivity contribution >= 4 is 16.6 Å². The summed E-state index contributed by atoms with van der Waals surface area (Å²) in [5.41, 5.74) is 0. The van der Waals surface area contributed by atoms with Gasteiger partial charge in [0.15, 0.2) is 16.6 Å². The second kappa shape index (κ2) is 5.29. The van der Waals surface area contributed by atoms with Gasteiger partial charge in [0.25, 0.3) is 0 Å². The van der Waals surface area contributed by atoms with E-state index >= 15 is 0 Å². The summed E-state index contributed by atoms with van der Waals surface area (Å²) >= 11 is 0. The normalized spacial score (nSPS) is 13.4. The number of hydrogen-bond donors (Lipinski definition) is 1. The molecule has 1 N–H and O–H groups in total. The van der Waals surface area contributed by atoms with Crippen LogP contribution in [-0.4, -0.2) is 28.3 Å². The molecule has 0 aromatic rings. The van der Waals surface area contributed by atoms with Crippen LogP contribution >= 0.6 is 0 Å². The van der Waals surface area contributed by atoms with Crippen LogP contribution in [0.4, 0.5) is 0 Å². The lowest BCUT2D eigenvalue weighted by Crippen LogP contribution is -2.42. The minimum atomic E-state index is -1.43. The maximum absolute atomic E-state index is 8.68. The number of rotatable bonds is 6. The smallest absolute Gasteiger partial charge is 0.173 e. The molecule has 0 spiro atoms. The molecule has 0 aliphatic carbocycles. The van der Waals surface area contributed by atoms with Crippen LogP contribution in [0.5, 0.6) is 0 Å². The largest absolute Gasteiger partial charge is 0.456 e. The van der Waals surface area contributed by atoms with E-state index in [1.807, 2.05) is 0 Å². The SMILES string of the molecule is C[Si](C)(C)O[Si](C)(C)CCCCO. The van der Waals surface area contributed by atoms with E-state index in [0.29, 0.717) is 6.61 Å². The molecule has 0 aliphatic heterocycles. The van der Waals surface area contributed by atoms with Crippen LogP contribution in [0.3, 0.4) is 0 Å². The summed E-state index contributed by atoms with van der Waals surface area (Å²) in [6.07, 6.45) is 2.03. The molecule has 0 amide bonds. The molecule has 2 nitrogen and oxygen atoms in total. The van der Waals surface area contributed by atoms with E-state index in [9.17, 15) is 0 Å². The minimum Gasteiger partial charge on any atom is -0.456 e. The monoisotopic (exact) mass is 220 g/mol. The molecule has 0 heterocycles. The maximum Gasteiger partial charge on any atom is 0.173 e. The van der Waals surface area contributed by atoms with Gasteiger partial charge in [-0.1, -0.05) is 6.42 Å². The molecule has 0 atom stereocenters. The Hall–Kier alpha value is 0.354. The van der Waals surface area contributed by atoms with E-state index < -0.39 is 16.6 Å². The van der Waals surface area contributed by atoms with Crippen LogP contribution in [0.15, 0.2) is 0 Å². The van der Waals surface area contributed by atoms with E-state index in [2.05, 4.69) is 32.7 Å². The highest BCUT2D eigenvalue weighted by Crippen LogP contribution is 2.20. The molecular weight excluding hydrogens is 196 g/mol. The lowest BCUT2D eigenvalue weighted by Gasteiger charge is -2.31. The van der Waals surface area contributed by atoms with Gasteiger partial charge in [-0.25, -0.2) is 0 Å². The molecule has 0 bridgehead atoms. The Balaban J connectivity index is 3.80. The maximum atomic E-state index is 8.68. The molecule has 0 saturated heterocycles. The van der Waals surface area contributed by atoms with Gasteiger partial charge in [-0.15, -0.1) is 0 Å². The van der Waals surface area contributed by atoms with Crippen molar-refractivity contribution in [3.8, 4) is 0 Å². The van der Waals surface area contributed by atoms with Crippen molar-refractivity contribution in [1.29, 1.82) is 0 Å². The van der Waals surface area contributed by atoms with Gasteiger partial charge < -0.3 is 9.22 Å². The van der Waals surface area contributed by atoms with E-state index in [1.165, 1.54) is 6.04 Å². The van der Waals surface area contributed by atoms with Crippen LogP contribution in [0, 0.1) is 0 Å². The first-order valence-electron chi connectivity index (χ1n) is 5.08. The fraction of sp³-hybridized carbons (Fsp3) is 1.00. The fourth-order valence-electron chi connectivity index (χ4n) is 1.54. The highest BCUT2D eigenvalue weighted by Gasteiger charge is 2.28. The van der Waals surface area contributed by atoms with Crippen LogP contribution in [0.1, 0.15) is 12.8 Å². The summed E-state index contributed by atoms with van der Waals surface area (Å²) in [5, 5.41) is 8.68. The highest BCUT2D eigenvalue weighted by molar-refractivity contribution is 6.84. The van der Waals surface area contributed by atoms with Crippen molar-refractivity contribution < 1.29 is 9.22 Å². The Kier molecular flexibility index (Phi) is 5.43. The van der Waals surface area contributed by atoms with Gasteiger partial charge in [0.2, 0.25) is 0 Å². The first-order valence-corrected chi connectivity index (χ1v) is 11.6. The third-order valence-electron chi connectivity index (χ3n) is 1.77. The Bertz CT molecular complexity index is 141. The zero-order valence-corrected chi connectivity index (χ0v) is 11.7. The van der Waals surface area contributed by atoms with E-state index in [1.54, 1.807) is 0 Å². The van der Waals surface area contributed by atoms with Gasteiger partial charge in [-0.05, 0) is 45.2 Å². The second-order valence-corrected chi connectivity index (χ2v) is 14.2. The van der Waals surface area contributed by atoms with Gasteiger partial charge in [0, 0.05) is 6.61 Å². The molecule has 0 unspecified atom stereocenters. The lowest BCUT2D eigenvalue weighted by atomic mass is 10.4. The van der Waals surface area contributed by atoms with Gasteiger partial charge in [-0.2, -0.15) is 0 Å². The second-order valence-electron chi connectivity index (χ2n) is 5.15. The van der Waals surface area contributed by atoms with Gasteiger partial charge in [0.05, 0.1) is 0 Å². The van der Waals surface area contributed by atoms with Crippen LogP contribution in [0.2, 0.25) is 38.8 Å². The summed E-state index contributed by atoms with van der Waals surface area (Å²) in [6.45, 7) is 11.6. The summed E-state index contributed by atoms with van der Waals surface area (Å²) < 4.78 is 6.17. The average molecular weight is 220 g/mol. The molecule has 0 rings (SSSR count). The third-order valence-corrected chi connectivity index (χ3v) is 7.99. The van der Waals surface area contributed by atoms with Crippen LogP contribution < -0.4 is 0 Å². The summed E-state index contributed by atoms with van der Waals surface area (Å²) in [7, 11) is -2.78. The average Bonchev–Trinajstić information content (AvgIpc) is 1.81. The molecule has 0 aliphatic rings. The molecule has 13 heavy (non-hydrogen) atoms. The summed E-state index contributed by atoms with van der Waals surface area (Å²) in [4.78, 5) is 0. The molecular formula is C9H24O2Si2. The Morgan fingerprint density at radius 1 is 1.00 bits per heavy atom. The number of aliphatic hydroxyl groups excluding tert-OH is 1. The van der Waals surface area contributed by atoms with E-state index in [-0.39, 0.29) is 0 Å². The summed E-state index contributed by atoms with van der Waals surface area (Å²) in [6, 6.07) is 1.18. The van der Waals surface area contributed by atoms with Crippen molar-refractivity contribution in [2.45, 2.75) is 51.6 Å². The van der Waals surface area contributed by atoms with Gasteiger partial charge in [-0.3, -0.25) is 0 Å². The standard InChI is InChI=1S/C9H24O2Si2/c1-12(2,3)11-13(4,5)9-7-6-8-10/h10H,6-9H2,1-5H3. The van der Waals surface area contributed by atoms with Crippen molar-refractivity contribution in [1.82, 2.24) is 0 Å². The number of aliphatic hydroxyl groups is 1. The van der Waals surface area contributed by atoms with Crippen LogP contribution in [-0.2, 0) is 4.12 Å².